The zero-order chi connectivity index (χ0) is 28.7. The maximum absolute atomic E-state index is 13.4. The molecule has 220 valence electrons. The first-order valence-electron chi connectivity index (χ1n) is 15.3. The van der Waals surface area contributed by atoms with E-state index in [-0.39, 0.29) is 30.3 Å². The minimum absolute atomic E-state index is 0.0598. The van der Waals surface area contributed by atoms with E-state index < -0.39 is 11.7 Å². The minimum Gasteiger partial charge on any atom is -0.393 e. The summed E-state index contributed by atoms with van der Waals surface area (Å²) in [7, 11) is 0. The summed E-state index contributed by atoms with van der Waals surface area (Å²) in [6.45, 7) is 2.85. The number of hydrogen-bond donors (Lipinski definition) is 1. The molecule has 7 rings (SSSR count). The molecule has 41 heavy (non-hydrogen) atoms. The molecule has 1 saturated heterocycles. The van der Waals surface area contributed by atoms with E-state index in [1.165, 1.54) is 12.5 Å². The van der Waals surface area contributed by atoms with Gasteiger partial charge in [-0.05, 0) is 111 Å². The van der Waals surface area contributed by atoms with E-state index >= 15 is 0 Å². The molecule has 0 bridgehead atoms. The number of carbonyl (C=O) groups is 2. The normalized spacial score (nSPS) is 30.5. The summed E-state index contributed by atoms with van der Waals surface area (Å²) in [5.74, 6) is 1.72. The highest BCUT2D eigenvalue weighted by molar-refractivity contribution is 5.95. The molecule has 3 atom stereocenters. The number of Topliss-reactive ketones (excluding diaryl/α,β-unsaturated/α-hetero) is 1. The van der Waals surface area contributed by atoms with Crippen LogP contribution in [0, 0.1) is 24.2 Å². The van der Waals surface area contributed by atoms with Gasteiger partial charge in [0, 0.05) is 30.8 Å². The van der Waals surface area contributed by atoms with Gasteiger partial charge in [-0.25, -0.2) is 0 Å². The number of benzene rings is 1. The fourth-order valence-electron chi connectivity index (χ4n) is 8.43. The van der Waals surface area contributed by atoms with E-state index in [2.05, 4.69) is 0 Å². The molecular formula is C32H38F3N3O3. The fraction of sp³-hybridized carbons (Fsp3) is 0.656. The van der Waals surface area contributed by atoms with Crippen LogP contribution in [0.2, 0.25) is 0 Å². The summed E-state index contributed by atoms with van der Waals surface area (Å²) >= 11 is 0. The second-order valence-electron chi connectivity index (χ2n) is 13.4. The van der Waals surface area contributed by atoms with Crippen LogP contribution in [0.3, 0.4) is 0 Å². The predicted octanol–water partition coefficient (Wildman–Crippen LogP) is 5.79. The minimum atomic E-state index is -4.34. The van der Waals surface area contributed by atoms with E-state index in [1.54, 1.807) is 11.8 Å². The number of likely N-dealkylation sites (tertiary alicyclic amines) is 1. The van der Waals surface area contributed by atoms with Crippen LogP contribution in [0.1, 0.15) is 108 Å². The molecule has 1 spiro atoms. The molecule has 2 aromatic rings. The maximum atomic E-state index is 13.4. The van der Waals surface area contributed by atoms with Gasteiger partial charge in [0.05, 0.1) is 18.2 Å². The molecule has 1 N–H and O–H groups in total. The van der Waals surface area contributed by atoms with Crippen LogP contribution in [-0.2, 0) is 23.9 Å². The van der Waals surface area contributed by atoms with E-state index in [0.29, 0.717) is 66.8 Å². The first-order valence-corrected chi connectivity index (χ1v) is 15.3. The van der Waals surface area contributed by atoms with Gasteiger partial charge in [0.15, 0.2) is 11.5 Å². The van der Waals surface area contributed by atoms with Gasteiger partial charge in [0.2, 0.25) is 0 Å². The Labute approximate surface area is 238 Å². The molecule has 4 aliphatic carbocycles. The molecule has 3 saturated carbocycles. The summed E-state index contributed by atoms with van der Waals surface area (Å²) < 4.78 is 42.0. The first-order chi connectivity index (χ1) is 19.6. The molecule has 1 aromatic heterocycles. The number of nitrogens with zero attached hydrogens (tertiary/aromatic N) is 3. The Hall–Kier alpha value is -2.68. The number of alkyl halides is 3. The van der Waals surface area contributed by atoms with Gasteiger partial charge in [-0.1, -0.05) is 12.1 Å². The van der Waals surface area contributed by atoms with Crippen molar-refractivity contribution in [2.75, 3.05) is 13.1 Å². The lowest BCUT2D eigenvalue weighted by molar-refractivity contribution is -0.138. The van der Waals surface area contributed by atoms with Gasteiger partial charge >= 0.3 is 6.18 Å². The number of amides is 1. The number of rotatable bonds is 7. The Kier molecular flexibility index (Phi) is 6.41. The van der Waals surface area contributed by atoms with Crippen LogP contribution < -0.4 is 0 Å². The molecule has 1 aliphatic heterocycles. The average Bonchev–Trinajstić information content (AvgIpc) is 3.73. The van der Waals surface area contributed by atoms with Crippen LogP contribution in [0.15, 0.2) is 18.2 Å². The summed E-state index contributed by atoms with van der Waals surface area (Å²) in [6.07, 6.45) is 3.39. The van der Waals surface area contributed by atoms with Crippen molar-refractivity contribution in [2.24, 2.45) is 17.3 Å². The number of hydrogen-bond acceptors (Lipinski definition) is 4. The molecule has 0 radical (unpaired) electrons. The van der Waals surface area contributed by atoms with Crippen molar-refractivity contribution in [3.8, 4) is 0 Å². The number of carbonyl (C=O) groups excluding carboxylic acids is 2. The van der Waals surface area contributed by atoms with Crippen molar-refractivity contribution in [1.29, 1.82) is 0 Å². The van der Waals surface area contributed by atoms with Crippen LogP contribution in [0.5, 0.6) is 0 Å². The number of piperidine rings is 1. The third-order valence-electron chi connectivity index (χ3n) is 11.1. The SMILES string of the molecule is Cc1c(C2CCC(CCC(=O)Cn3nc(C(=O)N4CCC(O)CC4)c4c3CC35CC3[C@@H]45)CC2)cccc1C(F)(F)F. The quantitative estimate of drug-likeness (QED) is 0.458. The molecule has 1 amide bonds. The van der Waals surface area contributed by atoms with Gasteiger partial charge in [0.25, 0.3) is 5.91 Å². The maximum Gasteiger partial charge on any atom is 0.416 e. The second kappa shape index (κ2) is 9.68. The number of aromatic nitrogens is 2. The summed E-state index contributed by atoms with van der Waals surface area (Å²) in [4.78, 5) is 28.4. The topological polar surface area (TPSA) is 75.4 Å². The number of aliphatic hydroxyl groups is 1. The standard InChI is InChI=1S/C32H38F3N3O3/c1-18-23(3-2-4-24(18)32(33,34)35)20-8-5-19(6-9-20)7-10-22(40)17-38-26-16-31-15-25(31)28(31)27(26)29(36-38)30(41)37-13-11-21(39)12-14-37/h2-4,19-21,25,28,39H,5-17H2,1H3/t19?,20?,25?,28-,31?/m0/s1. The zero-order valence-corrected chi connectivity index (χ0v) is 23.6. The van der Waals surface area contributed by atoms with Crippen LogP contribution in [0.25, 0.3) is 0 Å². The van der Waals surface area contributed by atoms with Gasteiger partial charge in [-0.2, -0.15) is 18.3 Å². The molecule has 4 fully saturated rings. The molecule has 2 heterocycles. The highest BCUT2D eigenvalue weighted by Crippen LogP contribution is 2.88. The van der Waals surface area contributed by atoms with E-state index in [0.717, 1.165) is 61.4 Å². The van der Waals surface area contributed by atoms with Gasteiger partial charge in [-0.15, -0.1) is 0 Å². The predicted molar refractivity (Wildman–Crippen MR) is 145 cm³/mol. The number of ketones is 1. The largest absolute Gasteiger partial charge is 0.416 e. The van der Waals surface area contributed by atoms with Crippen LogP contribution in [0.4, 0.5) is 13.2 Å². The monoisotopic (exact) mass is 569 g/mol. The van der Waals surface area contributed by atoms with Crippen molar-refractivity contribution in [3.05, 3.63) is 51.8 Å². The lowest BCUT2D eigenvalue weighted by atomic mass is 9.75. The van der Waals surface area contributed by atoms with Crippen molar-refractivity contribution in [3.63, 3.8) is 0 Å². The Bertz CT molecular complexity index is 1380. The Morgan fingerprint density at radius 1 is 1.10 bits per heavy atom. The van der Waals surface area contributed by atoms with E-state index in [9.17, 15) is 27.9 Å². The number of halogens is 3. The summed E-state index contributed by atoms with van der Waals surface area (Å²) in [6, 6.07) is 4.52. The second-order valence-corrected chi connectivity index (χ2v) is 13.4. The Balaban J connectivity index is 0.961. The van der Waals surface area contributed by atoms with Gasteiger partial charge < -0.3 is 10.0 Å². The van der Waals surface area contributed by atoms with Crippen molar-refractivity contribution >= 4 is 11.7 Å². The van der Waals surface area contributed by atoms with Gasteiger partial charge in [0.1, 0.15) is 0 Å². The van der Waals surface area contributed by atoms with Crippen molar-refractivity contribution < 1.29 is 27.9 Å². The molecular weight excluding hydrogens is 531 g/mol. The van der Waals surface area contributed by atoms with E-state index in [1.807, 2.05) is 10.7 Å². The molecule has 6 nitrogen and oxygen atoms in total. The fourth-order valence-corrected chi connectivity index (χ4v) is 8.43. The molecule has 2 unspecified atom stereocenters. The highest BCUT2D eigenvalue weighted by atomic mass is 19.4. The molecule has 1 aromatic carbocycles. The molecule has 5 aliphatic rings. The summed E-state index contributed by atoms with van der Waals surface area (Å²) in [5.41, 5.74) is 3.65. The van der Waals surface area contributed by atoms with Crippen LogP contribution >= 0.6 is 0 Å². The Morgan fingerprint density at radius 3 is 2.51 bits per heavy atom. The molecule has 9 heteroatoms. The first kappa shape index (κ1) is 27.2. The zero-order valence-electron chi connectivity index (χ0n) is 23.6. The summed E-state index contributed by atoms with van der Waals surface area (Å²) in [5, 5.41) is 14.6. The Morgan fingerprint density at radius 2 is 1.83 bits per heavy atom. The highest BCUT2D eigenvalue weighted by Gasteiger charge is 2.82. The number of fused-ring (bicyclic) bond motifs is 3. The van der Waals surface area contributed by atoms with Crippen molar-refractivity contribution in [1.82, 2.24) is 14.7 Å². The van der Waals surface area contributed by atoms with Gasteiger partial charge in [-0.3, -0.25) is 14.3 Å². The van der Waals surface area contributed by atoms with Crippen LogP contribution in [-0.4, -0.2) is 50.7 Å². The smallest absolute Gasteiger partial charge is 0.393 e. The number of aliphatic hydroxyl groups excluding tert-OH is 1. The average molecular weight is 570 g/mol. The van der Waals surface area contributed by atoms with Crippen molar-refractivity contribution in [2.45, 2.75) is 102 Å². The lowest BCUT2D eigenvalue weighted by Crippen LogP contribution is -2.40. The van der Waals surface area contributed by atoms with E-state index in [4.69, 9.17) is 5.10 Å². The third-order valence-corrected chi connectivity index (χ3v) is 11.1. The lowest BCUT2D eigenvalue weighted by Gasteiger charge is -2.30. The third kappa shape index (κ3) is 4.63.